The summed E-state index contributed by atoms with van der Waals surface area (Å²) in [7, 11) is 0. The van der Waals surface area contributed by atoms with E-state index in [1.165, 1.54) is 11.3 Å². The molecule has 0 saturated carbocycles. The van der Waals surface area contributed by atoms with Crippen LogP contribution < -0.4 is 5.73 Å². The summed E-state index contributed by atoms with van der Waals surface area (Å²) in [6.45, 7) is 2.61. The van der Waals surface area contributed by atoms with E-state index >= 15 is 0 Å². The maximum atomic E-state index is 5.98. The van der Waals surface area contributed by atoms with E-state index in [4.69, 9.17) is 17.3 Å². The second-order valence-corrected chi connectivity index (χ2v) is 6.95. The van der Waals surface area contributed by atoms with E-state index in [0.717, 1.165) is 23.0 Å². The van der Waals surface area contributed by atoms with E-state index in [9.17, 15) is 0 Å². The fourth-order valence-electron chi connectivity index (χ4n) is 1.31. The molecule has 3 nitrogen and oxygen atoms in total. The Morgan fingerprint density at radius 1 is 1.69 bits per heavy atom. The lowest BCUT2D eigenvalue weighted by Crippen LogP contribution is -2.05. The second-order valence-electron chi connectivity index (χ2n) is 3.28. The lowest BCUT2D eigenvalue weighted by atomic mass is 10.4. The van der Waals surface area contributed by atoms with E-state index in [1.807, 2.05) is 13.0 Å². The first-order valence-corrected chi connectivity index (χ1v) is 7.47. The lowest BCUT2D eigenvalue weighted by molar-refractivity contribution is 0.697. The molecule has 0 bridgehead atoms. The van der Waals surface area contributed by atoms with Gasteiger partial charge in [-0.1, -0.05) is 11.6 Å². The van der Waals surface area contributed by atoms with Crippen LogP contribution in [0.4, 0.5) is 5.82 Å². The van der Waals surface area contributed by atoms with Gasteiger partial charge in [0.05, 0.1) is 15.8 Å². The van der Waals surface area contributed by atoms with Gasteiger partial charge < -0.3 is 5.73 Å². The Hall–Kier alpha value is 0.210. The van der Waals surface area contributed by atoms with E-state index in [2.05, 4.69) is 43.6 Å². The number of anilines is 1. The highest BCUT2D eigenvalue weighted by molar-refractivity contribution is 14.1. The van der Waals surface area contributed by atoms with Gasteiger partial charge in [-0.3, -0.25) is 0 Å². The topological polar surface area (TPSA) is 43.8 Å². The highest BCUT2D eigenvalue weighted by Crippen LogP contribution is 2.32. The zero-order valence-corrected chi connectivity index (χ0v) is 13.6. The molecule has 16 heavy (non-hydrogen) atoms. The van der Waals surface area contributed by atoms with Crippen molar-refractivity contribution >= 4 is 67.3 Å². The van der Waals surface area contributed by atoms with Crippen molar-refractivity contribution in [1.29, 1.82) is 0 Å². The van der Waals surface area contributed by atoms with Gasteiger partial charge in [0.15, 0.2) is 0 Å². The fraction of sp³-hybridized carbons (Fsp3) is 0.222. The molecule has 2 heterocycles. The molecule has 2 rings (SSSR count). The van der Waals surface area contributed by atoms with Gasteiger partial charge >= 0.3 is 0 Å². The molecule has 0 unspecified atom stereocenters. The molecule has 0 saturated heterocycles. The molecule has 2 aromatic heterocycles. The molecule has 2 N–H and O–H groups in total. The van der Waals surface area contributed by atoms with Crippen molar-refractivity contribution in [3.63, 3.8) is 0 Å². The molecule has 0 atom stereocenters. The molecule has 2 aromatic rings. The summed E-state index contributed by atoms with van der Waals surface area (Å²) in [5.74, 6) is 0.707. The fourth-order valence-corrected chi connectivity index (χ4v) is 3.47. The van der Waals surface area contributed by atoms with E-state index < -0.39 is 0 Å². The number of rotatable bonds is 2. The molecule has 7 heteroatoms. The van der Waals surface area contributed by atoms with Crippen LogP contribution in [0.15, 0.2) is 10.5 Å². The quantitative estimate of drug-likeness (QED) is 0.732. The van der Waals surface area contributed by atoms with Crippen LogP contribution in [0.5, 0.6) is 0 Å². The molecular weight excluding hydrogens is 424 g/mol. The minimum absolute atomic E-state index is 0.658. The maximum absolute atomic E-state index is 5.98. The summed E-state index contributed by atoms with van der Waals surface area (Å²) in [5, 5.41) is 4.38. The monoisotopic (exact) mass is 431 g/mol. The number of thiophene rings is 1. The van der Waals surface area contributed by atoms with Gasteiger partial charge in [-0.2, -0.15) is 5.10 Å². The van der Waals surface area contributed by atoms with Crippen molar-refractivity contribution in [3.8, 4) is 0 Å². The van der Waals surface area contributed by atoms with Gasteiger partial charge in [0, 0.05) is 9.35 Å². The van der Waals surface area contributed by atoms with Gasteiger partial charge in [0.2, 0.25) is 0 Å². The summed E-state index contributed by atoms with van der Waals surface area (Å²) in [5.41, 5.74) is 6.91. The van der Waals surface area contributed by atoms with Crippen molar-refractivity contribution in [2.24, 2.45) is 0 Å². The van der Waals surface area contributed by atoms with Gasteiger partial charge in [0.1, 0.15) is 10.2 Å². The SMILES string of the molecule is Cc1nn(Cc2cc(Br)c(Cl)s2)c(N)c1I. The van der Waals surface area contributed by atoms with Crippen LogP contribution >= 0.6 is 61.5 Å². The van der Waals surface area contributed by atoms with Crippen LogP contribution in [0.2, 0.25) is 4.34 Å². The zero-order chi connectivity index (χ0) is 11.9. The maximum Gasteiger partial charge on any atom is 0.135 e. The predicted octanol–water partition coefficient (Wildman–Crippen LogP) is 3.90. The molecule has 0 radical (unpaired) electrons. The Morgan fingerprint density at radius 2 is 2.38 bits per heavy atom. The molecule has 0 fully saturated rings. The number of nitrogen functional groups attached to an aromatic ring is 1. The molecule has 0 spiro atoms. The Kier molecular flexibility index (Phi) is 3.82. The largest absolute Gasteiger partial charge is 0.383 e. The molecule has 0 amide bonds. The first-order chi connectivity index (χ1) is 7.49. The van der Waals surface area contributed by atoms with Gasteiger partial charge in [-0.15, -0.1) is 11.3 Å². The van der Waals surface area contributed by atoms with E-state index in [-0.39, 0.29) is 0 Å². The van der Waals surface area contributed by atoms with Crippen LogP contribution in [0.1, 0.15) is 10.6 Å². The Labute approximate surface area is 124 Å². The van der Waals surface area contributed by atoms with Crippen molar-refractivity contribution < 1.29 is 0 Å². The average molecular weight is 433 g/mol. The van der Waals surface area contributed by atoms with Crippen LogP contribution in [-0.2, 0) is 6.54 Å². The highest BCUT2D eigenvalue weighted by atomic mass is 127. The third kappa shape index (κ3) is 2.39. The third-order valence-electron chi connectivity index (χ3n) is 2.09. The Balaban J connectivity index is 2.30. The minimum Gasteiger partial charge on any atom is -0.383 e. The van der Waals surface area contributed by atoms with E-state index in [0.29, 0.717) is 12.4 Å². The van der Waals surface area contributed by atoms with Gasteiger partial charge in [-0.25, -0.2) is 4.68 Å². The number of halogens is 3. The van der Waals surface area contributed by atoms with Crippen LogP contribution in [-0.4, -0.2) is 9.78 Å². The molecule has 0 aliphatic rings. The van der Waals surface area contributed by atoms with Crippen molar-refractivity contribution in [1.82, 2.24) is 9.78 Å². The van der Waals surface area contributed by atoms with E-state index in [1.54, 1.807) is 4.68 Å². The number of nitrogens with zero attached hydrogens (tertiary/aromatic N) is 2. The van der Waals surface area contributed by atoms with Crippen LogP contribution in [0.25, 0.3) is 0 Å². The average Bonchev–Trinajstić information content (AvgIpc) is 2.64. The standard InChI is InChI=1S/C9H8BrClIN3S/c1-4-7(12)9(13)15(14-4)3-5-2-6(10)8(11)16-5/h2H,3,13H2,1H3. The zero-order valence-electron chi connectivity index (χ0n) is 8.30. The Bertz CT molecular complexity index is 518. The summed E-state index contributed by atoms with van der Waals surface area (Å²) < 4.78 is 4.49. The number of hydrogen-bond donors (Lipinski definition) is 1. The van der Waals surface area contributed by atoms with Crippen LogP contribution in [0, 0.1) is 10.5 Å². The predicted molar refractivity (Wildman–Crippen MR) is 80.2 cm³/mol. The summed E-state index contributed by atoms with van der Waals surface area (Å²) >= 11 is 13.1. The first kappa shape index (κ1) is 12.7. The molecule has 0 aromatic carbocycles. The van der Waals surface area contributed by atoms with Crippen LogP contribution in [0.3, 0.4) is 0 Å². The summed E-state index contributed by atoms with van der Waals surface area (Å²) in [6.07, 6.45) is 0. The lowest BCUT2D eigenvalue weighted by Gasteiger charge is -2.00. The minimum atomic E-state index is 0.658. The van der Waals surface area contributed by atoms with Gasteiger partial charge in [-0.05, 0) is 51.5 Å². The summed E-state index contributed by atoms with van der Waals surface area (Å²) in [6, 6.07) is 2.00. The molecular formula is C9H8BrClIN3S. The third-order valence-corrected chi connectivity index (χ3v) is 5.89. The smallest absolute Gasteiger partial charge is 0.135 e. The number of hydrogen-bond acceptors (Lipinski definition) is 3. The molecule has 0 aliphatic heterocycles. The van der Waals surface area contributed by atoms with Crippen molar-refractivity contribution in [2.75, 3.05) is 5.73 Å². The summed E-state index contributed by atoms with van der Waals surface area (Å²) in [4.78, 5) is 1.13. The molecule has 0 aliphatic carbocycles. The number of aryl methyl sites for hydroxylation is 1. The molecule has 86 valence electrons. The second kappa shape index (κ2) is 4.83. The van der Waals surface area contributed by atoms with Crippen molar-refractivity contribution in [3.05, 3.63) is 29.0 Å². The van der Waals surface area contributed by atoms with Crippen molar-refractivity contribution in [2.45, 2.75) is 13.5 Å². The highest BCUT2D eigenvalue weighted by Gasteiger charge is 2.11. The normalized spacial score (nSPS) is 11.0. The first-order valence-electron chi connectivity index (χ1n) is 4.41. The Morgan fingerprint density at radius 3 is 2.81 bits per heavy atom. The van der Waals surface area contributed by atoms with Gasteiger partial charge in [0.25, 0.3) is 0 Å². The number of nitrogens with two attached hydrogens (primary N) is 1. The number of aromatic nitrogens is 2.